The van der Waals surface area contributed by atoms with Gasteiger partial charge in [0.25, 0.3) is 0 Å². The van der Waals surface area contributed by atoms with Crippen molar-refractivity contribution in [2.24, 2.45) is 0 Å². The lowest BCUT2D eigenvalue weighted by Crippen LogP contribution is -1.81. The summed E-state index contributed by atoms with van der Waals surface area (Å²) in [5.41, 5.74) is 0. The molecule has 0 aromatic carbocycles. The van der Waals surface area contributed by atoms with Gasteiger partial charge >= 0.3 is 0 Å². The molecule has 0 atom stereocenters. The number of unbranched alkanes of at least 4 members (excludes halogenated alkanes) is 10. The monoisotopic (exact) mass is 325 g/mol. The molecule has 1 radical (unpaired) electrons. The molecule has 0 aliphatic heterocycles. The molecule has 0 heterocycles. The fourth-order valence-electron chi connectivity index (χ4n) is 2.44. The zero-order valence-electron chi connectivity index (χ0n) is 15.7. The van der Waals surface area contributed by atoms with Gasteiger partial charge in [0.05, 0.1) is 0 Å². The van der Waals surface area contributed by atoms with Crippen molar-refractivity contribution in [3.05, 3.63) is 73.4 Å². The van der Waals surface area contributed by atoms with Crippen molar-refractivity contribution < 1.29 is 0 Å². The lowest BCUT2D eigenvalue weighted by molar-refractivity contribution is 0.557. The quantitative estimate of drug-likeness (QED) is 0.199. The Hall–Kier alpha value is -1.56. The summed E-state index contributed by atoms with van der Waals surface area (Å²) in [7, 11) is 0. The third kappa shape index (κ3) is 20.4. The van der Waals surface area contributed by atoms with E-state index < -0.39 is 0 Å². The molecule has 0 heteroatoms. The van der Waals surface area contributed by atoms with E-state index in [1.165, 1.54) is 76.7 Å². The minimum absolute atomic E-state index is 1.20. The standard InChI is InChI=1S/C24H37/c1-3-5-7-9-11-13-15-17-19-21-23-24-22-20-18-16-14-12-10-8-6-4-2/h1,3,5,7,9,11,13,15,17,19,21,23H,4,6,8,10,12,14,16,18,20,22,24H2,2H3. The van der Waals surface area contributed by atoms with Crippen LogP contribution in [-0.4, -0.2) is 0 Å². The Morgan fingerprint density at radius 3 is 1.42 bits per heavy atom. The van der Waals surface area contributed by atoms with Crippen molar-refractivity contribution in [2.45, 2.75) is 77.6 Å². The van der Waals surface area contributed by atoms with Crippen LogP contribution in [0.2, 0.25) is 0 Å². The van der Waals surface area contributed by atoms with Gasteiger partial charge in [-0.05, 0) is 12.8 Å². The number of rotatable bonds is 16. The highest BCUT2D eigenvalue weighted by Gasteiger charge is 1.91. The molecular formula is C24H37. The summed E-state index contributed by atoms with van der Waals surface area (Å²) >= 11 is 0. The van der Waals surface area contributed by atoms with Crippen molar-refractivity contribution in [1.29, 1.82) is 0 Å². The van der Waals surface area contributed by atoms with Crippen LogP contribution in [0.5, 0.6) is 0 Å². The zero-order valence-corrected chi connectivity index (χ0v) is 15.7. The van der Waals surface area contributed by atoms with Crippen LogP contribution in [0.4, 0.5) is 0 Å². The summed E-state index contributed by atoms with van der Waals surface area (Å²) in [6, 6.07) is 0. The maximum absolute atomic E-state index is 5.23. The molecule has 0 aliphatic carbocycles. The Labute approximate surface area is 151 Å². The van der Waals surface area contributed by atoms with Crippen LogP contribution < -0.4 is 0 Å². The number of hydrogen-bond acceptors (Lipinski definition) is 0. The van der Waals surface area contributed by atoms with E-state index in [1.54, 1.807) is 6.08 Å². The first-order chi connectivity index (χ1) is 11.9. The number of allylic oxidation sites excluding steroid dienone is 11. The van der Waals surface area contributed by atoms with E-state index in [9.17, 15) is 0 Å². The molecule has 0 spiro atoms. The van der Waals surface area contributed by atoms with Crippen LogP contribution in [0.1, 0.15) is 77.6 Å². The van der Waals surface area contributed by atoms with Crippen LogP contribution >= 0.6 is 0 Å². The van der Waals surface area contributed by atoms with Crippen LogP contribution in [0.25, 0.3) is 0 Å². The minimum atomic E-state index is 1.20. The molecule has 0 rings (SSSR count). The molecule has 133 valence electrons. The maximum atomic E-state index is 5.23. The van der Waals surface area contributed by atoms with E-state index >= 15 is 0 Å². The predicted octanol–water partition coefficient (Wildman–Crippen LogP) is 8.07. The van der Waals surface area contributed by atoms with Crippen LogP contribution in [0.3, 0.4) is 0 Å². The highest BCUT2D eigenvalue weighted by Crippen LogP contribution is 2.11. The van der Waals surface area contributed by atoms with E-state index in [0.717, 1.165) is 0 Å². The summed E-state index contributed by atoms with van der Waals surface area (Å²) in [6.07, 6.45) is 37.0. The molecule has 0 amide bonds. The Morgan fingerprint density at radius 2 is 0.917 bits per heavy atom. The van der Waals surface area contributed by atoms with Gasteiger partial charge < -0.3 is 0 Å². The molecule has 0 fully saturated rings. The molecule has 0 aromatic rings. The molecule has 0 N–H and O–H groups in total. The van der Waals surface area contributed by atoms with Gasteiger partial charge in [0.1, 0.15) is 0 Å². The van der Waals surface area contributed by atoms with Gasteiger partial charge in [-0.25, -0.2) is 0 Å². The summed E-state index contributed by atoms with van der Waals surface area (Å²) in [4.78, 5) is 0. The first-order valence-electron chi connectivity index (χ1n) is 9.78. The van der Waals surface area contributed by atoms with Gasteiger partial charge in [-0.1, -0.05) is 138 Å². The topological polar surface area (TPSA) is 0 Å². The first-order valence-corrected chi connectivity index (χ1v) is 9.78. The Kier molecular flexibility index (Phi) is 20.0. The van der Waals surface area contributed by atoms with Crippen LogP contribution in [0.15, 0.2) is 66.8 Å². The van der Waals surface area contributed by atoms with Crippen molar-refractivity contribution in [3.8, 4) is 0 Å². The lowest BCUT2D eigenvalue weighted by atomic mass is 10.1. The van der Waals surface area contributed by atoms with Crippen LogP contribution in [-0.2, 0) is 0 Å². The van der Waals surface area contributed by atoms with E-state index in [1.807, 2.05) is 30.4 Å². The van der Waals surface area contributed by atoms with E-state index in [-0.39, 0.29) is 0 Å². The van der Waals surface area contributed by atoms with E-state index in [4.69, 9.17) is 6.58 Å². The molecule has 0 unspecified atom stereocenters. The van der Waals surface area contributed by atoms with Crippen LogP contribution in [0, 0.1) is 6.58 Å². The molecule has 0 saturated heterocycles. The molecule has 0 saturated carbocycles. The third-order valence-electron chi connectivity index (χ3n) is 3.86. The van der Waals surface area contributed by atoms with E-state index in [2.05, 4.69) is 31.2 Å². The Bertz CT molecular complexity index is 390. The highest BCUT2D eigenvalue weighted by molar-refractivity contribution is 5.18. The van der Waals surface area contributed by atoms with Crippen molar-refractivity contribution in [3.63, 3.8) is 0 Å². The van der Waals surface area contributed by atoms with Crippen molar-refractivity contribution >= 4 is 0 Å². The lowest BCUT2D eigenvalue weighted by Gasteiger charge is -2.01. The van der Waals surface area contributed by atoms with Gasteiger partial charge in [0.15, 0.2) is 0 Å². The molecule has 0 aromatic heterocycles. The fourth-order valence-corrected chi connectivity index (χ4v) is 2.44. The first kappa shape index (κ1) is 22.4. The van der Waals surface area contributed by atoms with Gasteiger partial charge in [-0.3, -0.25) is 0 Å². The van der Waals surface area contributed by atoms with Gasteiger partial charge in [0.2, 0.25) is 0 Å². The molecular weight excluding hydrogens is 288 g/mol. The largest absolute Gasteiger partial charge is 0.0845 e. The Balaban J connectivity index is 3.35. The summed E-state index contributed by atoms with van der Waals surface area (Å²) in [6.45, 7) is 7.51. The minimum Gasteiger partial charge on any atom is -0.0845 e. The predicted molar refractivity (Wildman–Crippen MR) is 111 cm³/mol. The second-order valence-corrected chi connectivity index (χ2v) is 6.13. The molecule has 0 bridgehead atoms. The van der Waals surface area contributed by atoms with Gasteiger partial charge in [0, 0.05) is 0 Å². The average molecular weight is 326 g/mol. The fraction of sp³-hybridized carbons (Fsp3) is 0.500. The highest BCUT2D eigenvalue weighted by atomic mass is 14.0. The summed E-state index contributed by atoms with van der Waals surface area (Å²) < 4.78 is 0. The van der Waals surface area contributed by atoms with Crippen molar-refractivity contribution in [2.75, 3.05) is 0 Å². The second kappa shape index (κ2) is 21.4. The molecule has 0 nitrogen and oxygen atoms in total. The normalized spacial score (nSPS) is 12.7. The van der Waals surface area contributed by atoms with Gasteiger partial charge in [-0.15, -0.1) is 0 Å². The molecule has 0 aliphatic rings. The average Bonchev–Trinajstić information content (AvgIpc) is 2.60. The van der Waals surface area contributed by atoms with Gasteiger partial charge in [-0.2, -0.15) is 0 Å². The van der Waals surface area contributed by atoms with Crippen molar-refractivity contribution in [1.82, 2.24) is 0 Å². The smallest absolute Gasteiger partial charge is 0.0348 e. The summed E-state index contributed by atoms with van der Waals surface area (Å²) in [5.74, 6) is 0. The number of hydrogen-bond donors (Lipinski definition) is 0. The summed E-state index contributed by atoms with van der Waals surface area (Å²) in [5, 5.41) is 0. The maximum Gasteiger partial charge on any atom is -0.0348 e. The molecule has 24 heavy (non-hydrogen) atoms. The van der Waals surface area contributed by atoms with E-state index in [0.29, 0.717) is 0 Å². The third-order valence-corrected chi connectivity index (χ3v) is 3.86. The second-order valence-electron chi connectivity index (χ2n) is 6.13. The Morgan fingerprint density at radius 1 is 0.500 bits per heavy atom. The SMILES string of the molecule is [CH]=CC=CC=CC=CC=CC=CCCCCCCCCCCCC. The zero-order chi connectivity index (χ0) is 17.6.